The Kier molecular flexibility index (Phi) is 6.63. The Morgan fingerprint density at radius 3 is 2.70 bits per heavy atom. The minimum absolute atomic E-state index is 0.0808. The predicted molar refractivity (Wildman–Crippen MR) is 74.2 cm³/mol. The van der Waals surface area contributed by atoms with Crippen LogP contribution in [0.3, 0.4) is 0 Å². The molecule has 0 spiro atoms. The van der Waals surface area contributed by atoms with E-state index in [2.05, 4.69) is 9.46 Å². The Labute approximate surface area is 118 Å². The zero-order chi connectivity index (χ0) is 15.0. The average molecular weight is 301 g/mol. The number of benzene rings is 1. The van der Waals surface area contributed by atoms with Gasteiger partial charge in [-0.3, -0.25) is 4.79 Å². The molecule has 0 bridgehead atoms. The van der Waals surface area contributed by atoms with Crippen LogP contribution in [0.4, 0.5) is 0 Å². The molecule has 0 amide bonds. The van der Waals surface area contributed by atoms with Gasteiger partial charge in [0, 0.05) is 13.0 Å². The number of esters is 1. The van der Waals surface area contributed by atoms with Gasteiger partial charge < -0.3 is 9.84 Å². The summed E-state index contributed by atoms with van der Waals surface area (Å²) in [6.07, 6.45) is 0.302. The lowest BCUT2D eigenvalue weighted by molar-refractivity contribution is -0.140. The molecule has 112 valence electrons. The maximum Gasteiger partial charge on any atom is 0.305 e. The van der Waals surface area contributed by atoms with Crippen LogP contribution in [0.2, 0.25) is 0 Å². The van der Waals surface area contributed by atoms with Gasteiger partial charge in [0.25, 0.3) is 0 Å². The van der Waals surface area contributed by atoms with Crippen LogP contribution in [0.15, 0.2) is 24.3 Å². The first kappa shape index (κ1) is 16.6. The second kappa shape index (κ2) is 7.98. The summed E-state index contributed by atoms with van der Waals surface area (Å²) in [4.78, 5) is 10.9. The number of aliphatic hydroxyl groups excluding tert-OH is 1. The number of sulfonamides is 1. The normalized spacial score (nSPS) is 11.3. The van der Waals surface area contributed by atoms with Crippen LogP contribution in [-0.2, 0) is 32.7 Å². The van der Waals surface area contributed by atoms with Gasteiger partial charge >= 0.3 is 5.97 Å². The topological polar surface area (TPSA) is 92.7 Å². The third-order valence-electron chi connectivity index (χ3n) is 2.69. The van der Waals surface area contributed by atoms with E-state index < -0.39 is 16.0 Å². The van der Waals surface area contributed by atoms with Crippen molar-refractivity contribution in [1.82, 2.24) is 4.72 Å². The summed E-state index contributed by atoms with van der Waals surface area (Å²) < 4.78 is 30.3. The molecule has 0 aliphatic carbocycles. The minimum Gasteiger partial charge on any atom is -0.469 e. The maximum absolute atomic E-state index is 11.7. The fraction of sp³-hybridized carbons (Fsp3) is 0.462. The summed E-state index contributed by atoms with van der Waals surface area (Å²) >= 11 is 0. The van der Waals surface area contributed by atoms with Crippen molar-refractivity contribution in [3.05, 3.63) is 35.4 Å². The molecule has 0 unspecified atom stereocenters. The Balaban J connectivity index is 2.44. The second-order valence-electron chi connectivity index (χ2n) is 4.30. The van der Waals surface area contributed by atoms with Crippen molar-refractivity contribution in [2.45, 2.75) is 26.0 Å². The molecule has 0 heterocycles. The van der Waals surface area contributed by atoms with Crippen LogP contribution < -0.4 is 4.72 Å². The monoisotopic (exact) mass is 301 g/mol. The largest absolute Gasteiger partial charge is 0.469 e. The first-order valence-electron chi connectivity index (χ1n) is 6.19. The lowest BCUT2D eigenvalue weighted by Crippen LogP contribution is -2.26. The SMILES string of the molecule is COC(=O)CCCS(=O)(=O)NCc1cccc(CO)c1. The number of nitrogens with one attached hydrogen (secondary N) is 1. The van der Waals surface area contributed by atoms with Crippen molar-refractivity contribution in [3.8, 4) is 0 Å². The van der Waals surface area contributed by atoms with Crippen LogP contribution in [0, 0.1) is 0 Å². The van der Waals surface area contributed by atoms with E-state index >= 15 is 0 Å². The number of methoxy groups -OCH3 is 1. The fourth-order valence-electron chi connectivity index (χ4n) is 1.61. The molecule has 0 aliphatic rings. The molecule has 0 atom stereocenters. The number of hydrogen-bond acceptors (Lipinski definition) is 5. The van der Waals surface area contributed by atoms with E-state index in [1.165, 1.54) is 7.11 Å². The Morgan fingerprint density at radius 1 is 1.35 bits per heavy atom. The fourth-order valence-corrected chi connectivity index (χ4v) is 2.67. The number of carbonyl (C=O) groups excluding carboxylic acids is 1. The summed E-state index contributed by atoms with van der Waals surface area (Å²) in [5, 5.41) is 9.00. The van der Waals surface area contributed by atoms with E-state index in [1.807, 2.05) is 0 Å². The summed E-state index contributed by atoms with van der Waals surface area (Å²) in [5.74, 6) is -0.544. The van der Waals surface area contributed by atoms with Crippen molar-refractivity contribution in [1.29, 1.82) is 0 Å². The van der Waals surface area contributed by atoms with Crippen LogP contribution >= 0.6 is 0 Å². The van der Waals surface area contributed by atoms with Gasteiger partial charge in [-0.2, -0.15) is 0 Å². The summed E-state index contributed by atoms with van der Waals surface area (Å²) in [6, 6.07) is 7.02. The van der Waals surface area contributed by atoms with Crippen molar-refractivity contribution in [2.24, 2.45) is 0 Å². The van der Waals surface area contributed by atoms with E-state index in [0.29, 0.717) is 0 Å². The van der Waals surface area contributed by atoms with Crippen LogP contribution in [-0.4, -0.2) is 32.4 Å². The molecule has 1 aromatic rings. The molecule has 0 aromatic heterocycles. The van der Waals surface area contributed by atoms with Gasteiger partial charge in [-0.25, -0.2) is 13.1 Å². The first-order chi connectivity index (χ1) is 9.46. The van der Waals surface area contributed by atoms with Gasteiger partial charge in [-0.1, -0.05) is 24.3 Å². The van der Waals surface area contributed by atoms with Gasteiger partial charge in [-0.05, 0) is 17.5 Å². The highest BCUT2D eigenvalue weighted by Gasteiger charge is 2.11. The number of rotatable bonds is 8. The summed E-state index contributed by atoms with van der Waals surface area (Å²) in [6.45, 7) is 0.0775. The van der Waals surface area contributed by atoms with Crippen molar-refractivity contribution in [2.75, 3.05) is 12.9 Å². The standard InChI is InChI=1S/C13H19NO5S/c1-19-13(16)6-3-7-20(17,18)14-9-11-4-2-5-12(8-11)10-15/h2,4-5,8,14-15H,3,6-7,9-10H2,1H3. The average Bonchev–Trinajstić information content (AvgIpc) is 2.45. The molecule has 1 aromatic carbocycles. The molecule has 0 saturated heterocycles. The van der Waals surface area contributed by atoms with Crippen LogP contribution in [0.5, 0.6) is 0 Å². The highest BCUT2D eigenvalue weighted by molar-refractivity contribution is 7.89. The van der Waals surface area contributed by atoms with Gasteiger partial charge in [0.1, 0.15) is 0 Å². The molecule has 0 aliphatic heterocycles. The molecule has 1 rings (SSSR count). The molecule has 0 saturated carbocycles. The number of hydrogen-bond donors (Lipinski definition) is 2. The van der Waals surface area contributed by atoms with Gasteiger partial charge in [0.2, 0.25) is 10.0 Å². The zero-order valence-corrected chi connectivity index (χ0v) is 12.1. The quantitative estimate of drug-likeness (QED) is 0.684. The summed E-state index contributed by atoms with van der Waals surface area (Å²) in [5.41, 5.74) is 1.50. The van der Waals surface area contributed by atoms with Crippen LogP contribution in [0.25, 0.3) is 0 Å². The van der Waals surface area contributed by atoms with E-state index in [9.17, 15) is 13.2 Å². The van der Waals surface area contributed by atoms with Gasteiger partial charge in [0.05, 0.1) is 19.5 Å². The Morgan fingerprint density at radius 2 is 2.05 bits per heavy atom. The highest BCUT2D eigenvalue weighted by atomic mass is 32.2. The Hall–Kier alpha value is -1.44. The smallest absolute Gasteiger partial charge is 0.305 e. The molecule has 0 fully saturated rings. The number of aliphatic hydroxyl groups is 1. The van der Waals surface area contributed by atoms with E-state index in [4.69, 9.17) is 5.11 Å². The molecular formula is C13H19NO5S. The lowest BCUT2D eigenvalue weighted by atomic mass is 10.1. The lowest BCUT2D eigenvalue weighted by Gasteiger charge is -2.07. The number of carbonyl (C=O) groups is 1. The maximum atomic E-state index is 11.7. The van der Waals surface area contributed by atoms with E-state index in [-0.39, 0.29) is 31.7 Å². The van der Waals surface area contributed by atoms with E-state index in [0.717, 1.165) is 11.1 Å². The number of ether oxygens (including phenoxy) is 1. The molecule has 20 heavy (non-hydrogen) atoms. The third kappa shape index (κ3) is 6.14. The van der Waals surface area contributed by atoms with Crippen molar-refractivity contribution >= 4 is 16.0 Å². The van der Waals surface area contributed by atoms with E-state index in [1.54, 1.807) is 24.3 Å². The third-order valence-corrected chi connectivity index (χ3v) is 4.10. The van der Waals surface area contributed by atoms with Crippen molar-refractivity contribution in [3.63, 3.8) is 0 Å². The molecule has 6 nitrogen and oxygen atoms in total. The second-order valence-corrected chi connectivity index (χ2v) is 6.22. The zero-order valence-electron chi connectivity index (χ0n) is 11.3. The minimum atomic E-state index is -3.42. The van der Waals surface area contributed by atoms with Gasteiger partial charge in [0.15, 0.2) is 0 Å². The highest BCUT2D eigenvalue weighted by Crippen LogP contribution is 2.06. The van der Waals surface area contributed by atoms with Crippen molar-refractivity contribution < 1.29 is 23.1 Å². The molecule has 2 N–H and O–H groups in total. The molecular weight excluding hydrogens is 282 g/mol. The Bertz CT molecular complexity index is 541. The first-order valence-corrected chi connectivity index (χ1v) is 7.85. The molecule has 0 radical (unpaired) electrons. The van der Waals surface area contributed by atoms with Crippen LogP contribution in [0.1, 0.15) is 24.0 Å². The summed E-state index contributed by atoms with van der Waals surface area (Å²) in [7, 11) is -2.16. The molecule has 7 heteroatoms. The predicted octanol–water partition coefficient (Wildman–Crippen LogP) is 0.551. The van der Waals surface area contributed by atoms with Gasteiger partial charge in [-0.15, -0.1) is 0 Å².